The summed E-state index contributed by atoms with van der Waals surface area (Å²) in [5, 5.41) is 5.49. The third-order valence-electron chi connectivity index (χ3n) is 4.04. The van der Waals surface area contributed by atoms with Crippen LogP contribution in [-0.2, 0) is 16.1 Å². The molecule has 7 nitrogen and oxygen atoms in total. The minimum Gasteiger partial charge on any atom is -0.490 e. The van der Waals surface area contributed by atoms with Gasteiger partial charge in [0.05, 0.1) is 23.9 Å². The molecule has 3 rings (SSSR count). The second-order valence-corrected chi connectivity index (χ2v) is 6.65. The maximum absolute atomic E-state index is 12.4. The minimum atomic E-state index is -0.824. The van der Waals surface area contributed by atoms with E-state index < -0.39 is 18.0 Å². The number of carbonyl (C=O) groups is 2. The largest absolute Gasteiger partial charge is 0.490 e. The molecule has 8 heteroatoms. The van der Waals surface area contributed by atoms with E-state index in [1.807, 2.05) is 30.3 Å². The maximum atomic E-state index is 12.4. The zero-order valence-electron chi connectivity index (χ0n) is 15.4. The summed E-state index contributed by atoms with van der Waals surface area (Å²) in [7, 11) is 0. The molecule has 0 aromatic heterocycles. The highest BCUT2D eigenvalue weighted by Gasteiger charge is 2.20. The van der Waals surface area contributed by atoms with Crippen LogP contribution in [0, 0.1) is 0 Å². The van der Waals surface area contributed by atoms with E-state index >= 15 is 0 Å². The Kier molecular flexibility index (Phi) is 6.60. The van der Waals surface area contributed by atoms with Gasteiger partial charge in [0.2, 0.25) is 5.91 Å². The lowest BCUT2D eigenvalue weighted by atomic mass is 10.2. The number of alkyl carbamates (subject to hydrolysis) is 1. The monoisotopic (exact) mass is 404 g/mol. The van der Waals surface area contributed by atoms with E-state index in [9.17, 15) is 9.59 Å². The number of anilines is 1. The number of halogens is 1. The van der Waals surface area contributed by atoms with Crippen LogP contribution in [-0.4, -0.2) is 31.3 Å². The van der Waals surface area contributed by atoms with Crippen molar-refractivity contribution in [3.63, 3.8) is 0 Å². The molecule has 0 spiro atoms. The predicted octanol–water partition coefficient (Wildman–Crippen LogP) is 3.75. The number of benzene rings is 2. The Bertz CT molecular complexity index is 844. The lowest BCUT2D eigenvalue weighted by Gasteiger charge is -2.16. The number of hydrogen-bond acceptors (Lipinski definition) is 5. The quantitative estimate of drug-likeness (QED) is 0.792. The van der Waals surface area contributed by atoms with Crippen LogP contribution >= 0.6 is 11.6 Å². The molecule has 0 fully saturated rings. The summed E-state index contributed by atoms with van der Waals surface area (Å²) in [6.07, 6.45) is 0.0799. The van der Waals surface area contributed by atoms with Crippen LogP contribution in [0.4, 0.5) is 10.5 Å². The van der Waals surface area contributed by atoms with Gasteiger partial charge in [-0.15, -0.1) is 0 Å². The second-order valence-electron chi connectivity index (χ2n) is 6.25. The molecule has 1 atom stereocenters. The molecule has 1 aliphatic heterocycles. The van der Waals surface area contributed by atoms with Crippen molar-refractivity contribution in [2.45, 2.75) is 26.0 Å². The summed E-state index contributed by atoms with van der Waals surface area (Å²) in [5.41, 5.74) is 1.23. The molecule has 0 aliphatic carbocycles. The van der Waals surface area contributed by atoms with Crippen molar-refractivity contribution in [1.82, 2.24) is 5.32 Å². The molecule has 28 heavy (non-hydrogen) atoms. The molecule has 148 valence electrons. The Morgan fingerprint density at radius 1 is 1.14 bits per heavy atom. The number of carbonyl (C=O) groups excluding carboxylic acids is 2. The van der Waals surface area contributed by atoms with E-state index in [1.165, 1.54) is 0 Å². The van der Waals surface area contributed by atoms with Crippen LogP contribution in [0.15, 0.2) is 42.5 Å². The Labute approximate surface area is 167 Å². The zero-order valence-corrected chi connectivity index (χ0v) is 16.1. The fraction of sp³-hybridized carbons (Fsp3) is 0.300. The smallest absolute Gasteiger partial charge is 0.408 e. The zero-order chi connectivity index (χ0) is 19.9. The lowest BCUT2D eigenvalue weighted by molar-refractivity contribution is -0.117. The number of hydrogen-bond donors (Lipinski definition) is 2. The predicted molar refractivity (Wildman–Crippen MR) is 105 cm³/mol. The van der Waals surface area contributed by atoms with Gasteiger partial charge in [-0.1, -0.05) is 41.9 Å². The van der Waals surface area contributed by atoms with Crippen molar-refractivity contribution in [3.8, 4) is 11.5 Å². The van der Waals surface area contributed by atoms with E-state index in [-0.39, 0.29) is 6.61 Å². The first-order valence-electron chi connectivity index (χ1n) is 8.90. The number of amides is 2. The van der Waals surface area contributed by atoms with Crippen molar-refractivity contribution < 1.29 is 23.8 Å². The summed E-state index contributed by atoms with van der Waals surface area (Å²) in [6.45, 7) is 2.74. The van der Waals surface area contributed by atoms with E-state index in [1.54, 1.807) is 19.1 Å². The molecule has 1 heterocycles. The van der Waals surface area contributed by atoms with Crippen LogP contribution in [0.3, 0.4) is 0 Å². The van der Waals surface area contributed by atoms with Crippen LogP contribution in [0.5, 0.6) is 11.5 Å². The Morgan fingerprint density at radius 3 is 2.54 bits per heavy atom. The molecular formula is C20H21ClN2O5. The van der Waals surface area contributed by atoms with E-state index in [4.69, 9.17) is 25.8 Å². The van der Waals surface area contributed by atoms with Gasteiger partial charge in [-0.05, 0) is 12.5 Å². The van der Waals surface area contributed by atoms with Gasteiger partial charge in [0.1, 0.15) is 12.6 Å². The Hall–Kier alpha value is -2.93. The van der Waals surface area contributed by atoms with Crippen LogP contribution in [0.1, 0.15) is 18.9 Å². The number of ether oxygens (including phenoxy) is 3. The summed E-state index contributed by atoms with van der Waals surface area (Å²) < 4.78 is 16.3. The molecule has 1 aliphatic rings. The minimum absolute atomic E-state index is 0.120. The second kappa shape index (κ2) is 9.32. The van der Waals surface area contributed by atoms with Crippen LogP contribution in [0.25, 0.3) is 0 Å². The average molecular weight is 405 g/mol. The van der Waals surface area contributed by atoms with Gasteiger partial charge < -0.3 is 24.8 Å². The molecule has 2 aromatic carbocycles. The number of rotatable bonds is 5. The first-order valence-corrected chi connectivity index (χ1v) is 9.28. The first kappa shape index (κ1) is 19.8. The summed E-state index contributed by atoms with van der Waals surface area (Å²) in [4.78, 5) is 24.3. The van der Waals surface area contributed by atoms with Crippen molar-refractivity contribution in [2.75, 3.05) is 18.5 Å². The fourth-order valence-corrected chi connectivity index (χ4v) is 2.73. The molecule has 2 N–H and O–H groups in total. The van der Waals surface area contributed by atoms with Crippen molar-refractivity contribution in [2.24, 2.45) is 0 Å². The van der Waals surface area contributed by atoms with E-state index in [2.05, 4.69) is 10.6 Å². The Balaban J connectivity index is 1.55. The highest BCUT2D eigenvalue weighted by atomic mass is 35.5. The molecule has 2 aromatic rings. The maximum Gasteiger partial charge on any atom is 0.408 e. The van der Waals surface area contributed by atoms with Gasteiger partial charge in [-0.2, -0.15) is 0 Å². The summed E-state index contributed by atoms with van der Waals surface area (Å²) in [6, 6.07) is 11.7. The summed E-state index contributed by atoms with van der Waals surface area (Å²) >= 11 is 6.22. The molecule has 0 bridgehead atoms. The SMILES string of the molecule is CC(NC(=O)OCc1ccccc1)C(=O)Nc1cc2c(cc1Cl)OCCCO2. The van der Waals surface area contributed by atoms with E-state index in [0.29, 0.717) is 35.4 Å². The van der Waals surface area contributed by atoms with Gasteiger partial charge in [0.15, 0.2) is 11.5 Å². The van der Waals surface area contributed by atoms with Crippen LogP contribution < -0.4 is 20.1 Å². The first-order chi connectivity index (χ1) is 13.5. The standard InChI is InChI=1S/C20H21ClN2O5/c1-13(22-20(25)28-12-14-6-3-2-4-7-14)19(24)23-16-11-18-17(10-15(16)21)26-8-5-9-27-18/h2-4,6-7,10-11,13H,5,8-9,12H2,1H3,(H,22,25)(H,23,24). The molecule has 1 unspecified atom stereocenters. The highest BCUT2D eigenvalue weighted by molar-refractivity contribution is 6.34. The third-order valence-corrected chi connectivity index (χ3v) is 4.35. The van der Waals surface area contributed by atoms with Crippen molar-refractivity contribution in [3.05, 3.63) is 53.1 Å². The van der Waals surface area contributed by atoms with Gasteiger partial charge in [0, 0.05) is 18.6 Å². The van der Waals surface area contributed by atoms with Crippen molar-refractivity contribution >= 4 is 29.3 Å². The average Bonchev–Trinajstić information content (AvgIpc) is 2.92. The van der Waals surface area contributed by atoms with E-state index in [0.717, 1.165) is 12.0 Å². The summed E-state index contributed by atoms with van der Waals surface area (Å²) in [5.74, 6) is 0.615. The van der Waals surface area contributed by atoms with Gasteiger partial charge in [-0.25, -0.2) is 4.79 Å². The topological polar surface area (TPSA) is 85.9 Å². The lowest BCUT2D eigenvalue weighted by Crippen LogP contribution is -2.41. The Morgan fingerprint density at radius 2 is 1.82 bits per heavy atom. The van der Waals surface area contributed by atoms with Gasteiger partial charge in [-0.3, -0.25) is 4.79 Å². The molecular weight excluding hydrogens is 384 g/mol. The highest BCUT2D eigenvalue weighted by Crippen LogP contribution is 2.37. The molecule has 0 saturated heterocycles. The fourth-order valence-electron chi connectivity index (χ4n) is 2.53. The third kappa shape index (κ3) is 5.29. The number of fused-ring (bicyclic) bond motifs is 1. The molecule has 0 saturated carbocycles. The molecule has 2 amide bonds. The van der Waals surface area contributed by atoms with Gasteiger partial charge in [0.25, 0.3) is 0 Å². The van der Waals surface area contributed by atoms with Gasteiger partial charge >= 0.3 is 6.09 Å². The normalized spacial score (nSPS) is 13.8. The van der Waals surface area contributed by atoms with Crippen molar-refractivity contribution in [1.29, 1.82) is 0 Å². The molecule has 0 radical (unpaired) electrons. The number of nitrogens with one attached hydrogen (secondary N) is 2. The van der Waals surface area contributed by atoms with Crippen LogP contribution in [0.2, 0.25) is 5.02 Å².